The Bertz CT molecular complexity index is 399. The smallest absolute Gasteiger partial charge is 0.200 e. The Morgan fingerprint density at radius 2 is 0.955 bits per heavy atom. The quantitative estimate of drug-likeness (QED) is 0.269. The van der Waals surface area contributed by atoms with E-state index in [1.54, 1.807) is 0 Å². The molecule has 0 aliphatic rings. The van der Waals surface area contributed by atoms with Crippen LogP contribution >= 0.6 is 33.2 Å². The highest BCUT2D eigenvalue weighted by molar-refractivity contribution is 7.64. The van der Waals surface area contributed by atoms with Crippen LogP contribution in [0.3, 0.4) is 0 Å². The number of alkyl halides is 11. The van der Waals surface area contributed by atoms with Crippen LogP contribution in [-0.4, -0.2) is 35.9 Å². The van der Waals surface area contributed by atoms with Crippen LogP contribution < -0.4 is 0 Å². The van der Waals surface area contributed by atoms with Crippen LogP contribution in [0.1, 0.15) is 6.42 Å². The molecule has 0 aromatic heterocycles. The number of hydrogen-bond acceptors (Lipinski definition) is 0. The third kappa shape index (κ3) is 4.04. The molecule has 0 nitrogen and oxygen atoms in total. The largest absolute Gasteiger partial charge is 0.460 e. The van der Waals surface area contributed by atoms with Crippen LogP contribution in [0.15, 0.2) is 0 Å². The van der Waals surface area contributed by atoms with Crippen molar-refractivity contribution in [1.82, 2.24) is 0 Å². The van der Waals surface area contributed by atoms with E-state index in [-0.39, 0.29) is 0 Å². The van der Waals surface area contributed by atoms with Crippen molar-refractivity contribution >= 4 is 39.2 Å². The van der Waals surface area contributed by atoms with Gasteiger partial charge in [-0.15, -0.1) is 33.2 Å². The van der Waals surface area contributed by atoms with Crippen molar-refractivity contribution in [2.75, 3.05) is 0 Å². The summed E-state index contributed by atoms with van der Waals surface area (Å²) in [6.07, 6.45) is -9.49. The molecular weight excluding hydrogens is 428 g/mol. The van der Waals surface area contributed by atoms with Gasteiger partial charge in [-0.1, -0.05) is 0 Å². The fourth-order valence-corrected chi connectivity index (χ4v) is 2.51. The monoisotopic (exact) mass is 430 g/mol. The van der Waals surface area contributed by atoms with E-state index in [4.69, 9.17) is 33.2 Å². The molecular formula is C7H4Cl3F11Si. The summed E-state index contributed by atoms with van der Waals surface area (Å²) in [6.45, 7) is 0. The van der Waals surface area contributed by atoms with Crippen molar-refractivity contribution < 1.29 is 48.3 Å². The first kappa shape index (κ1) is 22.3. The molecule has 0 saturated heterocycles. The third-order valence-corrected chi connectivity index (χ3v) is 4.84. The maximum atomic E-state index is 13.1. The first-order chi connectivity index (χ1) is 9.21. The van der Waals surface area contributed by atoms with E-state index in [9.17, 15) is 48.3 Å². The van der Waals surface area contributed by atoms with Crippen molar-refractivity contribution in [3.8, 4) is 0 Å². The van der Waals surface area contributed by atoms with Gasteiger partial charge >= 0.3 is 35.9 Å². The minimum atomic E-state index is -7.42. The third-order valence-electron chi connectivity index (χ3n) is 2.33. The van der Waals surface area contributed by atoms with E-state index in [0.29, 0.717) is 0 Å². The molecule has 0 aliphatic heterocycles. The van der Waals surface area contributed by atoms with Crippen molar-refractivity contribution in [1.29, 1.82) is 0 Å². The molecule has 0 spiro atoms. The molecule has 134 valence electrons. The summed E-state index contributed by atoms with van der Waals surface area (Å²) >= 11 is 15.1. The zero-order valence-electron chi connectivity index (χ0n) is 9.71. The average molecular weight is 432 g/mol. The van der Waals surface area contributed by atoms with Crippen molar-refractivity contribution in [3.63, 3.8) is 0 Å². The highest BCUT2D eigenvalue weighted by atomic mass is 35.8. The maximum absolute atomic E-state index is 13.1. The fourth-order valence-electron chi connectivity index (χ4n) is 1.06. The van der Waals surface area contributed by atoms with Crippen LogP contribution in [0.4, 0.5) is 48.3 Å². The summed E-state index contributed by atoms with van der Waals surface area (Å²) in [5, 5.41) is 0. The van der Waals surface area contributed by atoms with Crippen LogP contribution in [0.2, 0.25) is 6.04 Å². The highest BCUT2D eigenvalue weighted by Gasteiger charge is 2.86. The van der Waals surface area contributed by atoms with Crippen LogP contribution in [0, 0.1) is 0 Å². The van der Waals surface area contributed by atoms with Gasteiger partial charge in [-0.2, -0.15) is 48.3 Å². The topological polar surface area (TPSA) is 0 Å². The first-order valence-corrected chi connectivity index (χ1v) is 10.1. The molecule has 0 atom stereocenters. The van der Waals surface area contributed by atoms with E-state index in [2.05, 4.69) is 0 Å². The lowest BCUT2D eigenvalue weighted by molar-refractivity contribution is -0.422. The second-order valence-corrected chi connectivity index (χ2v) is 13.3. The molecule has 0 fully saturated rings. The SMILES string of the molecule is FC(F)(F)C(F)(F)C(F)(F)C(F)(F)C(F)(F)CC[Si](Cl)(Cl)Cl. The maximum Gasteiger partial charge on any atom is 0.460 e. The summed E-state index contributed by atoms with van der Waals surface area (Å²) in [5.74, 6) is -27.8. The summed E-state index contributed by atoms with van der Waals surface area (Å²) in [5.41, 5.74) is 0. The lowest BCUT2D eigenvalue weighted by Gasteiger charge is -2.37. The fraction of sp³-hybridized carbons (Fsp3) is 1.00. The van der Waals surface area contributed by atoms with Gasteiger partial charge in [0, 0.05) is 6.42 Å². The summed E-state index contributed by atoms with van der Waals surface area (Å²) in [6, 6.07) is -5.41. The molecule has 0 bridgehead atoms. The van der Waals surface area contributed by atoms with Crippen molar-refractivity contribution in [3.05, 3.63) is 0 Å². The molecule has 0 unspecified atom stereocenters. The highest BCUT2D eigenvalue weighted by Crippen LogP contribution is 2.58. The summed E-state index contributed by atoms with van der Waals surface area (Å²) < 4.78 is 138. The first-order valence-electron chi connectivity index (χ1n) is 4.85. The van der Waals surface area contributed by atoms with Gasteiger partial charge in [-0.05, 0) is 6.04 Å². The predicted octanol–water partition coefficient (Wildman–Crippen LogP) is 6.14. The Morgan fingerprint density at radius 3 is 1.23 bits per heavy atom. The van der Waals surface area contributed by atoms with Gasteiger partial charge < -0.3 is 0 Å². The number of rotatable bonds is 6. The zero-order valence-corrected chi connectivity index (χ0v) is 13.0. The minimum Gasteiger partial charge on any atom is -0.200 e. The van der Waals surface area contributed by atoms with Gasteiger partial charge in [0.25, 0.3) is 0 Å². The number of hydrogen-bond donors (Lipinski definition) is 0. The molecule has 0 radical (unpaired) electrons. The molecule has 22 heavy (non-hydrogen) atoms. The predicted molar refractivity (Wildman–Crippen MR) is 58.6 cm³/mol. The van der Waals surface area contributed by atoms with Crippen LogP contribution in [0.25, 0.3) is 0 Å². The second kappa shape index (κ2) is 5.99. The lowest BCUT2D eigenvalue weighted by atomic mass is 9.96. The molecule has 0 N–H and O–H groups in total. The lowest BCUT2D eigenvalue weighted by Crippen LogP contribution is -2.66. The Hall–Kier alpha value is 0.317. The number of halogens is 14. The summed E-state index contributed by atoms with van der Waals surface area (Å²) in [4.78, 5) is 0. The van der Waals surface area contributed by atoms with Crippen LogP contribution in [-0.2, 0) is 0 Å². The molecule has 0 aliphatic carbocycles. The molecule has 0 rings (SSSR count). The summed E-state index contributed by atoms with van der Waals surface area (Å²) in [7, 11) is 0. The van der Waals surface area contributed by atoms with Gasteiger partial charge in [0.1, 0.15) is 0 Å². The van der Waals surface area contributed by atoms with Crippen LogP contribution in [0.5, 0.6) is 0 Å². The van der Waals surface area contributed by atoms with E-state index >= 15 is 0 Å². The Morgan fingerprint density at radius 1 is 0.591 bits per heavy atom. The molecule has 0 saturated carbocycles. The molecule has 0 heterocycles. The Balaban J connectivity index is 5.69. The van der Waals surface area contributed by atoms with Gasteiger partial charge in [0.2, 0.25) is 0 Å². The van der Waals surface area contributed by atoms with E-state index in [1.807, 2.05) is 0 Å². The van der Waals surface area contributed by atoms with E-state index in [0.717, 1.165) is 0 Å². The van der Waals surface area contributed by atoms with Gasteiger partial charge in [0.05, 0.1) is 0 Å². The Labute approximate surface area is 130 Å². The average Bonchev–Trinajstić information content (AvgIpc) is 2.23. The second-order valence-electron chi connectivity index (χ2n) is 4.04. The standard InChI is InChI=1S/C7H4Cl3F11Si/c8-22(9,10)2-1-3(11,12)4(13,14)5(15,16)6(17,18)7(19,20)21/h1-2H2. The minimum absolute atomic E-state index is 1.37. The van der Waals surface area contributed by atoms with E-state index in [1.165, 1.54) is 0 Å². The van der Waals surface area contributed by atoms with Crippen molar-refractivity contribution in [2.24, 2.45) is 0 Å². The van der Waals surface area contributed by atoms with Gasteiger partial charge in [0.15, 0.2) is 0 Å². The van der Waals surface area contributed by atoms with Gasteiger partial charge in [-0.3, -0.25) is 0 Å². The van der Waals surface area contributed by atoms with E-state index < -0.39 is 48.3 Å². The molecule has 0 aromatic rings. The van der Waals surface area contributed by atoms with Gasteiger partial charge in [-0.25, -0.2) is 0 Å². The Kier molecular flexibility index (Phi) is 6.08. The zero-order chi connectivity index (χ0) is 18.4. The molecule has 0 amide bonds. The molecule has 0 aromatic carbocycles. The normalized spacial score (nSPS) is 16.1. The molecule has 15 heteroatoms. The van der Waals surface area contributed by atoms with Crippen molar-refractivity contribution in [2.45, 2.75) is 42.3 Å².